The van der Waals surface area contributed by atoms with Gasteiger partial charge in [-0.2, -0.15) is 0 Å². The van der Waals surface area contributed by atoms with Crippen LogP contribution in [0.25, 0.3) is 0 Å². The van der Waals surface area contributed by atoms with Crippen LogP contribution in [0, 0.1) is 19.7 Å². The lowest BCUT2D eigenvalue weighted by atomic mass is 9.98. The monoisotopic (exact) mass is 275 g/mol. The predicted molar refractivity (Wildman–Crippen MR) is 79.3 cm³/mol. The molecule has 2 rings (SSSR count). The van der Waals surface area contributed by atoms with E-state index in [-0.39, 0.29) is 11.9 Å². The van der Waals surface area contributed by atoms with Crippen molar-refractivity contribution in [3.05, 3.63) is 58.8 Å². The smallest absolute Gasteiger partial charge is 0.123 e. The lowest BCUT2D eigenvalue weighted by Crippen LogP contribution is -2.24. The summed E-state index contributed by atoms with van der Waals surface area (Å²) in [4.78, 5) is 0. The number of hydrogen-bond donors (Lipinski definition) is 1. The van der Waals surface area contributed by atoms with Crippen LogP contribution in [0.1, 0.15) is 41.8 Å². The summed E-state index contributed by atoms with van der Waals surface area (Å²) in [6.07, 6.45) is 3.50. The van der Waals surface area contributed by atoms with Crippen LogP contribution >= 0.6 is 0 Å². The highest BCUT2D eigenvalue weighted by molar-refractivity contribution is 5.29. The van der Waals surface area contributed by atoms with Gasteiger partial charge in [0.2, 0.25) is 0 Å². The number of halogens is 1. The highest BCUT2D eigenvalue weighted by Gasteiger charge is 2.18. The Bertz CT molecular complexity index is 562. The van der Waals surface area contributed by atoms with E-state index in [0.29, 0.717) is 0 Å². The van der Waals surface area contributed by atoms with E-state index < -0.39 is 0 Å². The summed E-state index contributed by atoms with van der Waals surface area (Å²) in [5.41, 5.74) is 3.26. The maximum absolute atomic E-state index is 13.4. The van der Waals surface area contributed by atoms with Gasteiger partial charge in [0.25, 0.3) is 0 Å². The summed E-state index contributed by atoms with van der Waals surface area (Å²) in [5, 5.41) is 3.49. The second kappa shape index (κ2) is 6.71. The number of rotatable bonds is 6. The van der Waals surface area contributed by atoms with Gasteiger partial charge in [-0.05, 0) is 68.1 Å². The van der Waals surface area contributed by atoms with Crippen molar-refractivity contribution in [2.24, 2.45) is 0 Å². The molecule has 2 aromatic rings. The van der Waals surface area contributed by atoms with Crippen LogP contribution in [-0.2, 0) is 6.42 Å². The first-order valence-corrected chi connectivity index (χ1v) is 7.14. The third-order valence-electron chi connectivity index (χ3n) is 3.59. The van der Waals surface area contributed by atoms with E-state index in [1.165, 1.54) is 6.07 Å². The molecule has 0 saturated carbocycles. The number of nitrogens with one attached hydrogen (secondary N) is 1. The van der Waals surface area contributed by atoms with E-state index in [0.717, 1.165) is 41.8 Å². The Balaban J connectivity index is 2.23. The Labute approximate surface area is 120 Å². The first kappa shape index (κ1) is 14.8. The van der Waals surface area contributed by atoms with Gasteiger partial charge in [0, 0.05) is 0 Å². The van der Waals surface area contributed by atoms with Gasteiger partial charge in [-0.25, -0.2) is 4.39 Å². The molecule has 0 amide bonds. The standard InChI is InChI=1S/C17H22FNO/c1-4-8-19-16(17-13(3)7-9-20-17)11-14-10-15(18)6-5-12(14)2/h5-7,9-10,16,19H,4,8,11H2,1-3H3. The third kappa shape index (κ3) is 3.48. The quantitative estimate of drug-likeness (QED) is 0.849. The summed E-state index contributed by atoms with van der Waals surface area (Å²) in [5.74, 6) is 0.762. The minimum atomic E-state index is -0.184. The Morgan fingerprint density at radius 2 is 2.00 bits per heavy atom. The van der Waals surface area contributed by atoms with Gasteiger partial charge >= 0.3 is 0 Å². The van der Waals surface area contributed by atoms with Gasteiger partial charge in [-0.1, -0.05) is 13.0 Å². The Morgan fingerprint density at radius 1 is 1.20 bits per heavy atom. The second-order valence-corrected chi connectivity index (χ2v) is 5.25. The highest BCUT2D eigenvalue weighted by Crippen LogP contribution is 2.24. The Hall–Kier alpha value is -1.61. The molecule has 20 heavy (non-hydrogen) atoms. The molecule has 2 nitrogen and oxygen atoms in total. The van der Waals surface area contributed by atoms with Crippen LogP contribution in [0.5, 0.6) is 0 Å². The van der Waals surface area contributed by atoms with Crippen molar-refractivity contribution in [2.45, 2.75) is 39.7 Å². The fourth-order valence-electron chi connectivity index (χ4n) is 2.40. The molecule has 1 N–H and O–H groups in total. The first-order valence-electron chi connectivity index (χ1n) is 7.14. The molecule has 1 heterocycles. The van der Waals surface area contributed by atoms with Crippen LogP contribution in [0.15, 0.2) is 34.9 Å². The van der Waals surface area contributed by atoms with E-state index in [2.05, 4.69) is 12.2 Å². The fourth-order valence-corrected chi connectivity index (χ4v) is 2.40. The van der Waals surface area contributed by atoms with E-state index in [1.54, 1.807) is 12.3 Å². The minimum absolute atomic E-state index is 0.0884. The van der Waals surface area contributed by atoms with Crippen LogP contribution in [0.4, 0.5) is 4.39 Å². The molecule has 0 spiro atoms. The van der Waals surface area contributed by atoms with Gasteiger partial charge < -0.3 is 9.73 Å². The van der Waals surface area contributed by atoms with Crippen molar-refractivity contribution in [1.29, 1.82) is 0 Å². The molecular weight excluding hydrogens is 253 g/mol. The second-order valence-electron chi connectivity index (χ2n) is 5.25. The molecule has 0 aliphatic rings. The van der Waals surface area contributed by atoms with Crippen molar-refractivity contribution >= 4 is 0 Å². The molecule has 0 aliphatic heterocycles. The summed E-state index contributed by atoms with van der Waals surface area (Å²) < 4.78 is 19.0. The molecule has 1 atom stereocenters. The summed E-state index contributed by atoms with van der Waals surface area (Å²) >= 11 is 0. The summed E-state index contributed by atoms with van der Waals surface area (Å²) in [7, 11) is 0. The number of benzene rings is 1. The molecule has 1 aromatic heterocycles. The van der Waals surface area contributed by atoms with Gasteiger partial charge in [-0.3, -0.25) is 0 Å². The van der Waals surface area contributed by atoms with E-state index in [9.17, 15) is 4.39 Å². The van der Waals surface area contributed by atoms with Crippen LogP contribution in [0.2, 0.25) is 0 Å². The summed E-state index contributed by atoms with van der Waals surface area (Å²) in [6.45, 7) is 7.10. The Morgan fingerprint density at radius 3 is 2.65 bits per heavy atom. The molecule has 0 bridgehead atoms. The zero-order valence-corrected chi connectivity index (χ0v) is 12.4. The van der Waals surface area contributed by atoms with Crippen LogP contribution < -0.4 is 5.32 Å². The van der Waals surface area contributed by atoms with Gasteiger partial charge in [0.15, 0.2) is 0 Å². The lowest BCUT2D eigenvalue weighted by Gasteiger charge is -2.18. The highest BCUT2D eigenvalue weighted by atomic mass is 19.1. The molecule has 0 fully saturated rings. The maximum atomic E-state index is 13.4. The first-order chi connectivity index (χ1) is 9.61. The van der Waals surface area contributed by atoms with Crippen molar-refractivity contribution in [3.8, 4) is 0 Å². The molecule has 0 saturated heterocycles. The molecular formula is C17H22FNO. The SMILES string of the molecule is CCCNC(Cc1cc(F)ccc1C)c1occc1C. The van der Waals surface area contributed by atoms with Crippen molar-refractivity contribution in [2.75, 3.05) is 6.54 Å². The predicted octanol–water partition coefficient (Wildman–Crippen LogP) is 4.32. The Kier molecular flexibility index (Phi) is 4.96. The van der Waals surface area contributed by atoms with E-state index in [4.69, 9.17) is 4.42 Å². The largest absolute Gasteiger partial charge is 0.467 e. The third-order valence-corrected chi connectivity index (χ3v) is 3.59. The van der Waals surface area contributed by atoms with E-state index >= 15 is 0 Å². The average Bonchev–Trinajstić information content (AvgIpc) is 2.84. The summed E-state index contributed by atoms with van der Waals surface area (Å²) in [6, 6.07) is 7.01. The van der Waals surface area contributed by atoms with Gasteiger partial charge in [0.1, 0.15) is 11.6 Å². The van der Waals surface area contributed by atoms with E-state index in [1.807, 2.05) is 26.0 Å². The fraction of sp³-hybridized carbons (Fsp3) is 0.412. The van der Waals surface area contributed by atoms with Gasteiger partial charge in [0.05, 0.1) is 12.3 Å². The minimum Gasteiger partial charge on any atom is -0.467 e. The maximum Gasteiger partial charge on any atom is 0.123 e. The van der Waals surface area contributed by atoms with Crippen molar-refractivity contribution in [3.63, 3.8) is 0 Å². The molecule has 0 radical (unpaired) electrons. The molecule has 1 unspecified atom stereocenters. The van der Waals surface area contributed by atoms with Crippen LogP contribution in [0.3, 0.4) is 0 Å². The van der Waals surface area contributed by atoms with Gasteiger partial charge in [-0.15, -0.1) is 0 Å². The zero-order valence-electron chi connectivity index (χ0n) is 12.4. The van der Waals surface area contributed by atoms with Crippen molar-refractivity contribution in [1.82, 2.24) is 5.32 Å². The topological polar surface area (TPSA) is 25.2 Å². The number of aryl methyl sites for hydroxylation is 2. The normalized spacial score (nSPS) is 12.6. The number of furan rings is 1. The zero-order chi connectivity index (χ0) is 14.5. The van der Waals surface area contributed by atoms with Crippen LogP contribution in [-0.4, -0.2) is 6.54 Å². The number of hydrogen-bond acceptors (Lipinski definition) is 2. The lowest BCUT2D eigenvalue weighted by molar-refractivity contribution is 0.407. The molecule has 108 valence electrons. The molecule has 1 aromatic carbocycles. The average molecular weight is 275 g/mol. The van der Waals surface area contributed by atoms with Crippen molar-refractivity contribution < 1.29 is 8.81 Å². The molecule has 0 aliphatic carbocycles. The molecule has 3 heteroatoms.